The molecule has 0 unspecified atom stereocenters. The number of nitrogens with zero attached hydrogens (tertiary/aromatic N) is 1. The van der Waals surface area contributed by atoms with Crippen molar-refractivity contribution >= 4 is 17.4 Å². The summed E-state index contributed by atoms with van der Waals surface area (Å²) < 4.78 is 0. The molecule has 126 valence electrons. The fourth-order valence-electron chi connectivity index (χ4n) is 2.41. The highest BCUT2D eigenvalue weighted by Gasteiger charge is 2.10. The quantitative estimate of drug-likeness (QED) is 0.682. The van der Waals surface area contributed by atoms with Crippen molar-refractivity contribution in [3.63, 3.8) is 0 Å². The highest BCUT2D eigenvalue weighted by atomic mass is 16.2. The highest BCUT2D eigenvalue weighted by molar-refractivity contribution is 6.02. The molecule has 0 bridgehead atoms. The third kappa shape index (κ3) is 3.92. The number of aromatic amines is 1. The van der Waals surface area contributed by atoms with E-state index >= 15 is 0 Å². The number of hydrogen-bond donors (Lipinski definition) is 3. The van der Waals surface area contributed by atoms with Gasteiger partial charge in [-0.3, -0.25) is 4.79 Å². The number of anilines is 2. The van der Waals surface area contributed by atoms with Crippen molar-refractivity contribution in [2.75, 3.05) is 10.6 Å². The number of hydrogen-bond acceptors (Lipinski definition) is 3. The van der Waals surface area contributed by atoms with Gasteiger partial charge in [0.05, 0.1) is 11.4 Å². The lowest BCUT2D eigenvalue weighted by molar-refractivity contribution is 0.262. The van der Waals surface area contributed by atoms with E-state index in [9.17, 15) is 9.59 Å². The summed E-state index contributed by atoms with van der Waals surface area (Å²) in [6, 6.07) is 15.7. The summed E-state index contributed by atoms with van der Waals surface area (Å²) in [6.07, 6.45) is 0. The number of nitrogens with one attached hydrogen (secondary N) is 3. The highest BCUT2D eigenvalue weighted by Crippen LogP contribution is 2.25. The molecule has 0 aliphatic rings. The Labute approximate surface area is 144 Å². The normalized spacial score (nSPS) is 10.3. The van der Waals surface area contributed by atoms with Crippen LogP contribution in [0.25, 0.3) is 11.3 Å². The molecular formula is C19H18N4O2. The number of para-hydroxylation sites is 1. The van der Waals surface area contributed by atoms with Crippen molar-refractivity contribution in [1.82, 2.24) is 10.2 Å². The number of carbonyl (C=O) groups is 1. The van der Waals surface area contributed by atoms with E-state index in [4.69, 9.17) is 0 Å². The maximum Gasteiger partial charge on any atom is 0.323 e. The lowest BCUT2D eigenvalue weighted by Gasteiger charge is -2.12. The molecule has 3 rings (SSSR count). The van der Waals surface area contributed by atoms with E-state index in [-0.39, 0.29) is 11.6 Å². The van der Waals surface area contributed by atoms with Crippen LogP contribution < -0.4 is 16.2 Å². The Morgan fingerprint density at radius 2 is 1.76 bits per heavy atom. The number of carbonyl (C=O) groups excluding carboxylic acids is 1. The van der Waals surface area contributed by atoms with Crippen LogP contribution in [-0.4, -0.2) is 16.2 Å². The molecule has 0 radical (unpaired) electrons. The minimum atomic E-state index is -0.347. The predicted molar refractivity (Wildman–Crippen MR) is 98.9 cm³/mol. The van der Waals surface area contributed by atoms with Gasteiger partial charge in [0.15, 0.2) is 0 Å². The Hall–Kier alpha value is -3.41. The van der Waals surface area contributed by atoms with Crippen LogP contribution in [0.1, 0.15) is 11.1 Å². The molecule has 1 aromatic heterocycles. The molecule has 0 fully saturated rings. The molecule has 0 atom stereocenters. The molecular weight excluding hydrogens is 316 g/mol. The molecule has 0 aliphatic carbocycles. The van der Waals surface area contributed by atoms with Crippen LogP contribution in [-0.2, 0) is 0 Å². The number of H-pyrrole nitrogens is 1. The van der Waals surface area contributed by atoms with Gasteiger partial charge in [0.25, 0.3) is 5.56 Å². The van der Waals surface area contributed by atoms with Gasteiger partial charge >= 0.3 is 6.03 Å². The zero-order chi connectivity index (χ0) is 17.8. The molecule has 0 spiro atoms. The molecule has 0 aliphatic heterocycles. The predicted octanol–water partition coefficient (Wildman–Crippen LogP) is 3.70. The molecule has 3 N–H and O–H groups in total. The van der Waals surface area contributed by atoms with Crippen LogP contribution in [0, 0.1) is 13.8 Å². The molecule has 25 heavy (non-hydrogen) atoms. The smallest absolute Gasteiger partial charge is 0.308 e. The van der Waals surface area contributed by atoms with Gasteiger partial charge in [-0.2, -0.15) is 5.10 Å². The van der Waals surface area contributed by atoms with Gasteiger partial charge in [-0.25, -0.2) is 9.89 Å². The van der Waals surface area contributed by atoms with Crippen LogP contribution in [0.2, 0.25) is 0 Å². The first kappa shape index (κ1) is 16.4. The zero-order valence-corrected chi connectivity index (χ0v) is 14.0. The van der Waals surface area contributed by atoms with Gasteiger partial charge < -0.3 is 10.6 Å². The van der Waals surface area contributed by atoms with Crippen molar-refractivity contribution in [3.8, 4) is 11.3 Å². The SMILES string of the molecule is Cc1ccc(NC(=O)Nc2ccccc2-c2ccc(=O)[nH]n2)cc1C. The third-order valence-corrected chi connectivity index (χ3v) is 3.90. The number of aromatic nitrogens is 2. The minimum absolute atomic E-state index is 0.276. The molecule has 1 heterocycles. The van der Waals surface area contributed by atoms with E-state index in [1.54, 1.807) is 12.1 Å². The summed E-state index contributed by atoms with van der Waals surface area (Å²) in [5, 5.41) is 12.1. The first-order valence-electron chi connectivity index (χ1n) is 7.83. The molecule has 3 aromatic rings. The lowest BCUT2D eigenvalue weighted by Crippen LogP contribution is -2.20. The summed E-state index contributed by atoms with van der Waals surface area (Å²) in [4.78, 5) is 23.5. The fourth-order valence-corrected chi connectivity index (χ4v) is 2.41. The Morgan fingerprint density at radius 1 is 0.960 bits per heavy atom. The Bertz CT molecular complexity index is 959. The number of urea groups is 1. The lowest BCUT2D eigenvalue weighted by atomic mass is 10.1. The molecule has 6 heteroatoms. The summed E-state index contributed by atoms with van der Waals surface area (Å²) >= 11 is 0. The number of rotatable bonds is 3. The van der Waals surface area contributed by atoms with Crippen LogP contribution in [0.3, 0.4) is 0 Å². The van der Waals surface area contributed by atoms with Crippen molar-refractivity contribution in [3.05, 3.63) is 76.1 Å². The van der Waals surface area contributed by atoms with Crippen molar-refractivity contribution in [2.24, 2.45) is 0 Å². The van der Waals surface area contributed by atoms with Crippen LogP contribution in [0.4, 0.5) is 16.2 Å². The number of benzene rings is 2. The minimum Gasteiger partial charge on any atom is -0.308 e. The monoisotopic (exact) mass is 334 g/mol. The molecule has 6 nitrogen and oxygen atoms in total. The summed E-state index contributed by atoms with van der Waals surface area (Å²) in [7, 11) is 0. The summed E-state index contributed by atoms with van der Waals surface area (Å²) in [5.74, 6) is 0. The molecule has 2 amide bonds. The zero-order valence-electron chi connectivity index (χ0n) is 14.0. The van der Waals surface area contributed by atoms with Gasteiger partial charge in [0.2, 0.25) is 0 Å². The van der Waals surface area contributed by atoms with Crippen molar-refractivity contribution in [1.29, 1.82) is 0 Å². The van der Waals surface area contributed by atoms with Crippen molar-refractivity contribution in [2.45, 2.75) is 13.8 Å². The number of amides is 2. The van der Waals surface area contributed by atoms with E-state index in [1.165, 1.54) is 11.6 Å². The topological polar surface area (TPSA) is 86.9 Å². The van der Waals surface area contributed by atoms with Gasteiger partial charge in [-0.15, -0.1) is 0 Å². The number of aryl methyl sites for hydroxylation is 2. The average molecular weight is 334 g/mol. The molecule has 2 aromatic carbocycles. The maximum absolute atomic E-state index is 12.3. The second-order valence-electron chi connectivity index (χ2n) is 5.73. The van der Waals surface area contributed by atoms with E-state index in [1.807, 2.05) is 50.2 Å². The first-order chi connectivity index (χ1) is 12.0. The molecule has 0 saturated carbocycles. The Morgan fingerprint density at radius 3 is 2.48 bits per heavy atom. The van der Waals surface area contributed by atoms with E-state index in [0.29, 0.717) is 16.9 Å². The standard InChI is InChI=1S/C19H18N4O2/c1-12-7-8-14(11-13(12)2)20-19(25)21-16-6-4-3-5-15(16)17-9-10-18(24)23-22-17/h3-11H,1-2H3,(H,23,24)(H2,20,21,25). The Balaban J connectivity index is 1.80. The van der Waals surface area contributed by atoms with Gasteiger partial charge in [-0.1, -0.05) is 24.3 Å². The third-order valence-electron chi connectivity index (χ3n) is 3.90. The van der Waals surface area contributed by atoms with Crippen LogP contribution in [0.5, 0.6) is 0 Å². The van der Waals surface area contributed by atoms with Crippen LogP contribution in [0.15, 0.2) is 59.4 Å². The largest absolute Gasteiger partial charge is 0.323 e. The van der Waals surface area contributed by atoms with E-state index in [2.05, 4.69) is 20.8 Å². The second-order valence-corrected chi connectivity index (χ2v) is 5.73. The summed E-state index contributed by atoms with van der Waals surface area (Å²) in [5.41, 5.74) is 4.61. The van der Waals surface area contributed by atoms with Crippen LogP contribution >= 0.6 is 0 Å². The van der Waals surface area contributed by atoms with Gasteiger partial charge in [0, 0.05) is 17.3 Å². The fraction of sp³-hybridized carbons (Fsp3) is 0.105. The molecule has 0 saturated heterocycles. The average Bonchev–Trinajstić information content (AvgIpc) is 2.59. The second kappa shape index (κ2) is 7.00. The van der Waals surface area contributed by atoms with Crippen molar-refractivity contribution < 1.29 is 4.79 Å². The van der Waals surface area contributed by atoms with E-state index in [0.717, 1.165) is 11.3 Å². The Kier molecular flexibility index (Phi) is 4.61. The van der Waals surface area contributed by atoms with Gasteiger partial charge in [-0.05, 0) is 49.2 Å². The summed E-state index contributed by atoms with van der Waals surface area (Å²) in [6.45, 7) is 4.02. The first-order valence-corrected chi connectivity index (χ1v) is 7.83. The maximum atomic E-state index is 12.3. The van der Waals surface area contributed by atoms with E-state index < -0.39 is 0 Å². The van der Waals surface area contributed by atoms with Gasteiger partial charge in [0.1, 0.15) is 0 Å².